The molecule has 170 valence electrons. The molecule has 2 aliphatic rings. The van der Waals surface area contributed by atoms with Gasteiger partial charge in [0.05, 0.1) is 18.4 Å². The van der Waals surface area contributed by atoms with Crippen LogP contribution in [0.3, 0.4) is 0 Å². The summed E-state index contributed by atoms with van der Waals surface area (Å²) in [4.78, 5) is 22.1. The van der Waals surface area contributed by atoms with Crippen LogP contribution in [0.15, 0.2) is 34.3 Å². The molecule has 1 aliphatic carbocycles. The zero-order valence-electron chi connectivity index (χ0n) is 18.7. The third-order valence-electron chi connectivity index (χ3n) is 6.44. The minimum Gasteiger partial charge on any atom is -0.294 e. The molecule has 1 aromatic rings. The molecule has 0 aromatic heterocycles. The van der Waals surface area contributed by atoms with Gasteiger partial charge in [-0.2, -0.15) is 8.42 Å². The zero-order chi connectivity index (χ0) is 22.4. The number of aliphatic imine (C=N–C) groups is 2. The highest BCUT2D eigenvalue weighted by Crippen LogP contribution is 2.34. The molecule has 0 spiro atoms. The van der Waals surface area contributed by atoms with Gasteiger partial charge < -0.3 is 0 Å². The van der Waals surface area contributed by atoms with Crippen molar-refractivity contribution in [3.8, 4) is 0 Å². The van der Waals surface area contributed by atoms with Crippen LogP contribution in [0.2, 0.25) is 0 Å². The molecule has 1 fully saturated rings. The fourth-order valence-corrected chi connectivity index (χ4v) is 5.54. The summed E-state index contributed by atoms with van der Waals surface area (Å²) in [5.41, 5.74) is 1.78. The number of carbonyl (C=O) groups is 1. The zero-order valence-corrected chi connectivity index (χ0v) is 19.6. The first-order valence-electron chi connectivity index (χ1n) is 11.2. The van der Waals surface area contributed by atoms with Gasteiger partial charge in [-0.1, -0.05) is 31.2 Å². The highest BCUT2D eigenvalue weighted by Gasteiger charge is 2.28. The fourth-order valence-electron chi connectivity index (χ4n) is 4.87. The molecule has 7 heteroatoms. The van der Waals surface area contributed by atoms with Crippen LogP contribution in [0.1, 0.15) is 74.2 Å². The predicted octanol–water partition coefficient (Wildman–Crippen LogP) is 4.45. The molecule has 5 unspecified atom stereocenters. The summed E-state index contributed by atoms with van der Waals surface area (Å²) in [6, 6.07) is 7.88. The quantitative estimate of drug-likeness (QED) is 0.352. The summed E-state index contributed by atoms with van der Waals surface area (Å²) in [7, 11) is -3.47. The number of carbonyl (C=O) groups excluding carboxylic acids is 1. The van der Waals surface area contributed by atoms with E-state index in [0.29, 0.717) is 25.3 Å². The molecule has 0 amide bonds. The second-order valence-corrected chi connectivity index (χ2v) is 10.8. The summed E-state index contributed by atoms with van der Waals surface area (Å²) in [5.74, 6) is 1.01. The summed E-state index contributed by atoms with van der Waals surface area (Å²) in [5, 5.41) is 0. The van der Waals surface area contributed by atoms with Crippen LogP contribution >= 0.6 is 0 Å². The standard InChI is InChI=1S/C24H34N2O4S/c1-17-8-10-20(30-31(3,28)29)15-19(14-17)9-11-24(27)22-7-5-4-6-21(22)23-16-25-12-13-26-18(23)2/h4-7,12-13,17-20,23H,8-11,14-16H2,1-3H3. The number of rotatable bonds is 7. The first-order valence-corrected chi connectivity index (χ1v) is 13.1. The van der Waals surface area contributed by atoms with Crippen LogP contribution in [0.25, 0.3) is 0 Å². The van der Waals surface area contributed by atoms with Gasteiger partial charge >= 0.3 is 0 Å². The average Bonchev–Trinajstić information content (AvgIpc) is 3.02. The SMILES string of the molecule is CC1CCC(OS(C)(=O)=O)CC(CCC(=O)c2ccccc2C2CN=CC=NC2C)C1. The Hall–Kier alpha value is -1.86. The molecule has 1 aliphatic heterocycles. The number of ketones is 1. The topological polar surface area (TPSA) is 85.2 Å². The molecule has 1 aromatic carbocycles. The Morgan fingerprint density at radius 2 is 1.90 bits per heavy atom. The van der Waals surface area contributed by atoms with Gasteiger partial charge in [0.1, 0.15) is 0 Å². The van der Waals surface area contributed by atoms with Crippen molar-refractivity contribution in [1.29, 1.82) is 0 Å². The number of hydrogen-bond donors (Lipinski definition) is 0. The van der Waals surface area contributed by atoms with E-state index < -0.39 is 10.1 Å². The second kappa shape index (κ2) is 10.6. The number of Topliss-reactive ketones (excluding diaryl/α,β-unsaturated/α-hetero) is 1. The summed E-state index contributed by atoms with van der Waals surface area (Å²) in [6.45, 7) is 4.88. The molecule has 0 N–H and O–H groups in total. The monoisotopic (exact) mass is 446 g/mol. The molecule has 1 heterocycles. The number of hydrogen-bond acceptors (Lipinski definition) is 6. The third kappa shape index (κ3) is 7.07. The van der Waals surface area contributed by atoms with Gasteiger partial charge in [-0.25, -0.2) is 0 Å². The molecule has 31 heavy (non-hydrogen) atoms. The van der Waals surface area contributed by atoms with E-state index in [1.165, 1.54) is 0 Å². The van der Waals surface area contributed by atoms with Gasteiger partial charge in [0.25, 0.3) is 10.1 Å². The van der Waals surface area contributed by atoms with Crippen LogP contribution < -0.4 is 0 Å². The maximum absolute atomic E-state index is 13.2. The fraction of sp³-hybridized carbons (Fsp3) is 0.625. The number of benzene rings is 1. The lowest BCUT2D eigenvalue weighted by Gasteiger charge is -2.22. The Morgan fingerprint density at radius 3 is 2.68 bits per heavy atom. The van der Waals surface area contributed by atoms with Crippen molar-refractivity contribution in [2.45, 2.75) is 70.4 Å². The first-order chi connectivity index (χ1) is 14.7. The smallest absolute Gasteiger partial charge is 0.264 e. The lowest BCUT2D eigenvalue weighted by molar-refractivity contribution is 0.0963. The molecule has 0 saturated heterocycles. The molecular formula is C24H34N2O4S. The van der Waals surface area contributed by atoms with E-state index in [4.69, 9.17) is 4.18 Å². The minimum absolute atomic E-state index is 0.0630. The van der Waals surface area contributed by atoms with Gasteiger partial charge in [-0.15, -0.1) is 0 Å². The molecule has 5 atom stereocenters. The van der Waals surface area contributed by atoms with E-state index in [1.807, 2.05) is 24.3 Å². The Morgan fingerprint density at radius 1 is 1.13 bits per heavy atom. The summed E-state index contributed by atoms with van der Waals surface area (Å²) < 4.78 is 28.5. The van der Waals surface area contributed by atoms with E-state index in [0.717, 1.165) is 43.1 Å². The Balaban J connectivity index is 1.69. The predicted molar refractivity (Wildman–Crippen MR) is 125 cm³/mol. The van der Waals surface area contributed by atoms with Crippen LogP contribution in [0.5, 0.6) is 0 Å². The Labute approximate surface area is 186 Å². The van der Waals surface area contributed by atoms with Gasteiger partial charge in [-0.05, 0) is 56.4 Å². The van der Waals surface area contributed by atoms with Crippen molar-refractivity contribution >= 4 is 28.3 Å². The maximum Gasteiger partial charge on any atom is 0.264 e. The highest BCUT2D eigenvalue weighted by molar-refractivity contribution is 7.86. The van der Waals surface area contributed by atoms with Crippen molar-refractivity contribution in [1.82, 2.24) is 0 Å². The van der Waals surface area contributed by atoms with Gasteiger partial charge in [0, 0.05) is 36.9 Å². The van der Waals surface area contributed by atoms with Crippen molar-refractivity contribution < 1.29 is 17.4 Å². The van der Waals surface area contributed by atoms with Crippen molar-refractivity contribution in [2.24, 2.45) is 21.8 Å². The second-order valence-electron chi connectivity index (χ2n) is 9.15. The Bertz CT molecular complexity index is 925. The number of nitrogens with zero attached hydrogens (tertiary/aromatic N) is 2. The van der Waals surface area contributed by atoms with E-state index in [1.54, 1.807) is 12.4 Å². The van der Waals surface area contributed by atoms with Crippen LogP contribution in [-0.4, -0.2) is 51.6 Å². The van der Waals surface area contributed by atoms with E-state index in [2.05, 4.69) is 23.8 Å². The third-order valence-corrected chi connectivity index (χ3v) is 7.06. The van der Waals surface area contributed by atoms with Crippen molar-refractivity contribution in [3.05, 3.63) is 35.4 Å². The van der Waals surface area contributed by atoms with Crippen LogP contribution in [0.4, 0.5) is 0 Å². The van der Waals surface area contributed by atoms with E-state index in [9.17, 15) is 13.2 Å². The van der Waals surface area contributed by atoms with Gasteiger partial charge in [0.15, 0.2) is 5.78 Å². The first kappa shape index (κ1) is 23.8. The van der Waals surface area contributed by atoms with Crippen molar-refractivity contribution in [2.75, 3.05) is 12.8 Å². The van der Waals surface area contributed by atoms with Crippen LogP contribution in [0, 0.1) is 11.8 Å². The van der Waals surface area contributed by atoms with Crippen molar-refractivity contribution in [3.63, 3.8) is 0 Å². The van der Waals surface area contributed by atoms with Gasteiger partial charge in [0.2, 0.25) is 0 Å². The molecule has 6 nitrogen and oxygen atoms in total. The molecule has 3 rings (SSSR count). The van der Waals surface area contributed by atoms with Crippen LogP contribution in [-0.2, 0) is 14.3 Å². The molecular weight excluding hydrogens is 412 g/mol. The van der Waals surface area contributed by atoms with E-state index in [-0.39, 0.29) is 29.8 Å². The largest absolute Gasteiger partial charge is 0.294 e. The molecule has 0 radical (unpaired) electrons. The normalized spacial score (nSPS) is 29.3. The summed E-state index contributed by atoms with van der Waals surface area (Å²) in [6.07, 6.45) is 8.88. The molecule has 1 saturated carbocycles. The average molecular weight is 447 g/mol. The highest BCUT2D eigenvalue weighted by atomic mass is 32.2. The maximum atomic E-state index is 13.2. The van der Waals surface area contributed by atoms with Gasteiger partial charge in [-0.3, -0.25) is 19.0 Å². The van der Waals surface area contributed by atoms with E-state index >= 15 is 0 Å². The minimum atomic E-state index is -3.47. The lowest BCUT2D eigenvalue weighted by atomic mass is 9.85. The summed E-state index contributed by atoms with van der Waals surface area (Å²) >= 11 is 0. The lowest BCUT2D eigenvalue weighted by Crippen LogP contribution is -2.21. The molecule has 0 bridgehead atoms. The Kier molecular flexibility index (Phi) is 8.17.